The highest BCUT2D eigenvalue weighted by atomic mass is 79.9. The number of rotatable bonds is 3. The number of carbonyl (C=O) groups is 2. The summed E-state index contributed by atoms with van der Waals surface area (Å²) in [6.07, 6.45) is 0. The summed E-state index contributed by atoms with van der Waals surface area (Å²) in [5.74, 6) is -0.695. The Kier molecular flexibility index (Phi) is 3.54. The molecule has 1 atom stereocenters. The second kappa shape index (κ2) is 4.78. The lowest BCUT2D eigenvalue weighted by molar-refractivity contribution is -0.114. The second-order valence-electron chi connectivity index (χ2n) is 4.14. The molecule has 1 aliphatic rings. The van der Waals surface area contributed by atoms with E-state index in [4.69, 9.17) is 11.6 Å². The van der Waals surface area contributed by atoms with Crippen molar-refractivity contribution >= 4 is 44.9 Å². The minimum absolute atomic E-state index is 0.258. The topological polar surface area (TPSA) is 37.4 Å². The Bertz CT molecular complexity index is 489. The van der Waals surface area contributed by atoms with E-state index < -0.39 is 11.7 Å². The van der Waals surface area contributed by atoms with Crippen LogP contribution in [0.5, 0.6) is 0 Å². The predicted molar refractivity (Wildman–Crippen MR) is 71.1 cm³/mol. The molecule has 1 aromatic carbocycles. The van der Waals surface area contributed by atoms with E-state index in [1.54, 1.807) is 18.2 Å². The fourth-order valence-electron chi connectivity index (χ4n) is 1.85. The second-order valence-corrected chi connectivity index (χ2v) is 5.20. The Labute approximate surface area is 113 Å². The number of anilines is 1. The van der Waals surface area contributed by atoms with Gasteiger partial charge in [0.25, 0.3) is 11.7 Å². The van der Waals surface area contributed by atoms with Crippen molar-refractivity contribution in [3.63, 3.8) is 0 Å². The molecule has 5 heteroatoms. The first-order chi connectivity index (χ1) is 8.06. The van der Waals surface area contributed by atoms with Gasteiger partial charge in [0.2, 0.25) is 0 Å². The fourth-order valence-corrected chi connectivity index (χ4v) is 2.33. The van der Waals surface area contributed by atoms with Gasteiger partial charge in [-0.1, -0.05) is 40.5 Å². The maximum Gasteiger partial charge on any atom is 0.299 e. The minimum Gasteiger partial charge on any atom is -0.303 e. The molecule has 3 nitrogen and oxygen atoms in total. The number of fused-ring (bicyclic) bond motifs is 1. The standard InChI is InChI=1S/C12H11BrClNO2/c1-7(5-13)6-15-10-8(11(16)12(15)17)3-2-4-9(10)14/h2-4,7H,5-6H2,1H3. The monoisotopic (exact) mass is 315 g/mol. The zero-order valence-electron chi connectivity index (χ0n) is 9.24. The number of alkyl halides is 1. The summed E-state index contributed by atoms with van der Waals surface area (Å²) in [5.41, 5.74) is 0.959. The van der Waals surface area contributed by atoms with Crippen LogP contribution in [0.3, 0.4) is 0 Å². The van der Waals surface area contributed by atoms with Gasteiger partial charge in [-0.2, -0.15) is 0 Å². The van der Waals surface area contributed by atoms with Crippen LogP contribution in [0.4, 0.5) is 5.69 Å². The van der Waals surface area contributed by atoms with Crippen LogP contribution in [-0.2, 0) is 4.79 Å². The van der Waals surface area contributed by atoms with E-state index in [1.165, 1.54) is 4.90 Å². The number of Topliss-reactive ketones (excluding diaryl/α,β-unsaturated/α-hetero) is 1. The van der Waals surface area contributed by atoms with E-state index in [0.717, 1.165) is 5.33 Å². The molecule has 17 heavy (non-hydrogen) atoms. The summed E-state index contributed by atoms with van der Waals surface area (Å²) in [6, 6.07) is 5.02. The van der Waals surface area contributed by atoms with Crippen molar-refractivity contribution in [3.05, 3.63) is 28.8 Å². The van der Waals surface area contributed by atoms with E-state index in [1.807, 2.05) is 6.92 Å². The average Bonchev–Trinajstić information content (AvgIpc) is 2.56. The third kappa shape index (κ3) is 2.11. The summed E-state index contributed by atoms with van der Waals surface area (Å²) in [4.78, 5) is 25.1. The van der Waals surface area contributed by atoms with Crippen molar-refractivity contribution in [1.82, 2.24) is 0 Å². The molecule has 0 spiro atoms. The number of para-hydroxylation sites is 1. The summed E-state index contributed by atoms with van der Waals surface area (Å²) in [7, 11) is 0. The van der Waals surface area contributed by atoms with Gasteiger partial charge in [-0.15, -0.1) is 0 Å². The molecule has 2 rings (SSSR count). The van der Waals surface area contributed by atoms with Crippen molar-refractivity contribution in [3.8, 4) is 0 Å². The van der Waals surface area contributed by atoms with Crippen LogP contribution in [0.25, 0.3) is 0 Å². The van der Waals surface area contributed by atoms with E-state index in [0.29, 0.717) is 22.8 Å². The van der Waals surface area contributed by atoms with Gasteiger partial charge in [-0.05, 0) is 18.1 Å². The lowest BCUT2D eigenvalue weighted by atomic mass is 10.1. The lowest BCUT2D eigenvalue weighted by Crippen LogP contribution is -2.34. The lowest BCUT2D eigenvalue weighted by Gasteiger charge is -2.20. The number of hydrogen-bond donors (Lipinski definition) is 0. The summed E-state index contributed by atoms with van der Waals surface area (Å²) >= 11 is 9.42. The molecule has 1 aromatic rings. The molecule has 0 aliphatic carbocycles. The summed E-state index contributed by atoms with van der Waals surface area (Å²) in [5, 5.41) is 1.22. The molecule has 0 N–H and O–H groups in total. The molecule has 1 aliphatic heterocycles. The first kappa shape index (κ1) is 12.6. The molecule has 0 saturated heterocycles. The zero-order chi connectivity index (χ0) is 12.6. The minimum atomic E-state index is -0.485. The van der Waals surface area contributed by atoms with Gasteiger partial charge in [-0.3, -0.25) is 9.59 Å². The molecule has 0 fully saturated rings. The maximum atomic E-state index is 11.9. The maximum absolute atomic E-state index is 11.9. The van der Waals surface area contributed by atoms with Gasteiger partial charge in [0, 0.05) is 11.9 Å². The number of nitrogens with zero attached hydrogens (tertiary/aromatic N) is 1. The number of hydrogen-bond acceptors (Lipinski definition) is 2. The highest BCUT2D eigenvalue weighted by molar-refractivity contribution is 9.09. The molecule has 0 bridgehead atoms. The van der Waals surface area contributed by atoms with Crippen LogP contribution in [0.1, 0.15) is 17.3 Å². The van der Waals surface area contributed by atoms with Gasteiger partial charge in [-0.25, -0.2) is 0 Å². The number of amides is 1. The quantitative estimate of drug-likeness (QED) is 0.635. The number of benzene rings is 1. The van der Waals surface area contributed by atoms with Gasteiger partial charge in [0.1, 0.15) is 0 Å². The first-order valence-electron chi connectivity index (χ1n) is 5.27. The van der Waals surface area contributed by atoms with Crippen molar-refractivity contribution in [1.29, 1.82) is 0 Å². The molecular weight excluding hydrogens is 305 g/mol. The van der Waals surface area contributed by atoms with Gasteiger partial charge in [0.05, 0.1) is 16.3 Å². The van der Waals surface area contributed by atoms with Crippen LogP contribution >= 0.6 is 27.5 Å². The van der Waals surface area contributed by atoms with Crippen molar-refractivity contribution < 1.29 is 9.59 Å². The molecule has 0 saturated carbocycles. The SMILES string of the molecule is CC(CBr)CN1C(=O)C(=O)c2cccc(Cl)c21. The molecular formula is C12H11BrClNO2. The van der Waals surface area contributed by atoms with Crippen LogP contribution in [-0.4, -0.2) is 23.6 Å². The summed E-state index contributed by atoms with van der Waals surface area (Å²) < 4.78 is 0. The largest absolute Gasteiger partial charge is 0.303 e. The smallest absolute Gasteiger partial charge is 0.299 e. The number of carbonyl (C=O) groups excluding carboxylic acids is 2. The van der Waals surface area contributed by atoms with Crippen LogP contribution in [0.15, 0.2) is 18.2 Å². The third-order valence-corrected chi connectivity index (χ3v) is 4.11. The van der Waals surface area contributed by atoms with Crippen LogP contribution in [0.2, 0.25) is 5.02 Å². The molecule has 0 radical (unpaired) electrons. The van der Waals surface area contributed by atoms with Crippen molar-refractivity contribution in [2.45, 2.75) is 6.92 Å². The van der Waals surface area contributed by atoms with Gasteiger partial charge < -0.3 is 4.90 Å². The van der Waals surface area contributed by atoms with Gasteiger partial charge >= 0.3 is 0 Å². The highest BCUT2D eigenvalue weighted by Gasteiger charge is 2.37. The van der Waals surface area contributed by atoms with Gasteiger partial charge in [0.15, 0.2) is 0 Å². The molecule has 1 unspecified atom stereocenters. The Hall–Kier alpha value is -0.870. The predicted octanol–water partition coefficient (Wildman–Crippen LogP) is 2.90. The Morgan fingerprint density at radius 3 is 2.76 bits per heavy atom. The number of ketones is 1. The Morgan fingerprint density at radius 1 is 1.41 bits per heavy atom. The molecule has 1 heterocycles. The van der Waals surface area contributed by atoms with Crippen molar-refractivity contribution in [2.75, 3.05) is 16.8 Å². The number of halogens is 2. The summed E-state index contributed by atoms with van der Waals surface area (Å²) in [6.45, 7) is 2.49. The molecule has 0 aromatic heterocycles. The van der Waals surface area contributed by atoms with Crippen LogP contribution < -0.4 is 4.90 Å². The zero-order valence-corrected chi connectivity index (χ0v) is 11.6. The molecule has 90 valence electrons. The average molecular weight is 317 g/mol. The van der Waals surface area contributed by atoms with E-state index in [-0.39, 0.29) is 5.92 Å². The highest BCUT2D eigenvalue weighted by Crippen LogP contribution is 2.36. The Morgan fingerprint density at radius 2 is 2.12 bits per heavy atom. The van der Waals surface area contributed by atoms with Crippen molar-refractivity contribution in [2.24, 2.45) is 5.92 Å². The normalized spacial score (nSPS) is 16.3. The molecule has 1 amide bonds. The Balaban J connectivity index is 2.43. The fraction of sp³-hybridized carbons (Fsp3) is 0.333. The van der Waals surface area contributed by atoms with E-state index in [9.17, 15) is 9.59 Å². The van der Waals surface area contributed by atoms with E-state index in [2.05, 4.69) is 15.9 Å². The first-order valence-corrected chi connectivity index (χ1v) is 6.77. The van der Waals surface area contributed by atoms with Crippen LogP contribution in [0, 0.1) is 5.92 Å². The third-order valence-electron chi connectivity index (χ3n) is 2.70. The van der Waals surface area contributed by atoms with E-state index >= 15 is 0 Å².